The fraction of sp³-hybridized carbons (Fsp3) is 0.364. The zero-order valence-electron chi connectivity index (χ0n) is 9.70. The Labute approximate surface area is 109 Å². The maximum atomic E-state index is 9.64. The Balaban J connectivity index is 2.47. The number of benzene rings is 1. The van der Waals surface area contributed by atoms with Crippen molar-refractivity contribution in [1.82, 2.24) is 0 Å². The average Bonchev–Trinajstić information content (AvgIpc) is 2.25. The third-order valence-corrected chi connectivity index (χ3v) is 2.85. The molecule has 6 heteroatoms. The van der Waals surface area contributed by atoms with E-state index in [1.807, 2.05) is 25.1 Å². The van der Waals surface area contributed by atoms with Gasteiger partial charge in [0.05, 0.1) is 6.54 Å². The molecular formula is C11H18BrN4O+. The molecule has 0 heterocycles. The van der Waals surface area contributed by atoms with E-state index in [0.29, 0.717) is 13.1 Å². The second-order valence-corrected chi connectivity index (χ2v) is 4.71. The average molecular weight is 302 g/mol. The van der Waals surface area contributed by atoms with Crippen LogP contribution in [0.5, 0.6) is 0 Å². The summed E-state index contributed by atoms with van der Waals surface area (Å²) in [5.74, 6) is 0.112. The summed E-state index contributed by atoms with van der Waals surface area (Å²) >= 11 is 3.46. The third kappa shape index (κ3) is 5.06. The summed E-state index contributed by atoms with van der Waals surface area (Å²) in [4.78, 5) is 2.68. The number of aliphatic hydroxyl groups excluding tert-OH is 1. The Kier molecular flexibility index (Phi) is 5.24. The summed E-state index contributed by atoms with van der Waals surface area (Å²) in [6.07, 6.45) is -0.565. The number of nitrogens with two attached hydrogens (primary N) is 2. The lowest BCUT2D eigenvalue weighted by Gasteiger charge is -2.12. The summed E-state index contributed by atoms with van der Waals surface area (Å²) in [5, 5.41) is 12.8. The van der Waals surface area contributed by atoms with Gasteiger partial charge in [0.2, 0.25) is 0 Å². The monoisotopic (exact) mass is 301 g/mol. The van der Waals surface area contributed by atoms with Gasteiger partial charge >= 0.3 is 5.96 Å². The van der Waals surface area contributed by atoms with Crippen LogP contribution < -0.4 is 21.8 Å². The highest BCUT2D eigenvalue weighted by Gasteiger charge is 2.05. The Morgan fingerprint density at radius 3 is 2.82 bits per heavy atom. The predicted octanol–water partition coefficient (Wildman–Crippen LogP) is -1.12. The molecule has 0 unspecified atom stereocenters. The van der Waals surface area contributed by atoms with Gasteiger partial charge in [-0.05, 0) is 40.5 Å². The van der Waals surface area contributed by atoms with Crippen molar-refractivity contribution in [1.29, 1.82) is 0 Å². The molecule has 7 N–H and O–H groups in total. The Bertz CT molecular complexity index is 404. The Morgan fingerprint density at radius 2 is 2.24 bits per heavy atom. The zero-order chi connectivity index (χ0) is 12.8. The van der Waals surface area contributed by atoms with Crippen LogP contribution in [0, 0.1) is 6.92 Å². The number of aliphatic hydroxyl groups is 1. The molecule has 0 saturated carbocycles. The molecule has 0 amide bonds. The van der Waals surface area contributed by atoms with E-state index in [1.54, 1.807) is 0 Å². The molecule has 5 nitrogen and oxygen atoms in total. The normalized spacial score (nSPS) is 11.9. The third-order valence-electron chi connectivity index (χ3n) is 2.19. The smallest absolute Gasteiger partial charge is 0.338 e. The fourth-order valence-electron chi connectivity index (χ4n) is 1.30. The molecule has 0 aliphatic carbocycles. The molecule has 94 valence electrons. The van der Waals surface area contributed by atoms with Crippen LogP contribution in [0.15, 0.2) is 22.7 Å². The number of nitrogens with one attached hydrogen (secondary N) is 2. The van der Waals surface area contributed by atoms with Crippen molar-refractivity contribution >= 4 is 27.6 Å². The largest absolute Gasteiger partial charge is 0.388 e. The molecule has 1 aromatic rings. The molecule has 0 aliphatic heterocycles. The van der Waals surface area contributed by atoms with E-state index in [-0.39, 0.29) is 5.96 Å². The van der Waals surface area contributed by atoms with E-state index in [2.05, 4.69) is 26.2 Å². The van der Waals surface area contributed by atoms with Crippen molar-refractivity contribution in [2.45, 2.75) is 13.0 Å². The summed E-state index contributed by atoms with van der Waals surface area (Å²) < 4.78 is 0.975. The van der Waals surface area contributed by atoms with E-state index in [0.717, 1.165) is 10.2 Å². The SMILES string of the molecule is Cc1ccc(NC[C@H](O)C[NH+]=C(N)N)c(Br)c1. The standard InChI is InChI=1S/C11H17BrN4O/c1-7-2-3-10(9(12)4-7)15-5-8(17)6-16-11(13)14/h2-4,8,15,17H,5-6H2,1H3,(H4,13,14,16)/p+1/t8-/m0/s1. The number of anilines is 1. The molecule has 0 saturated heterocycles. The van der Waals surface area contributed by atoms with Gasteiger partial charge in [-0.2, -0.15) is 0 Å². The molecular weight excluding hydrogens is 284 g/mol. The number of aryl methyl sites for hydroxylation is 1. The number of halogens is 1. The highest BCUT2D eigenvalue weighted by atomic mass is 79.9. The second kappa shape index (κ2) is 6.46. The minimum absolute atomic E-state index is 0.112. The molecule has 0 aromatic heterocycles. The molecule has 0 fully saturated rings. The first-order chi connectivity index (χ1) is 7.99. The lowest BCUT2D eigenvalue weighted by Crippen LogP contribution is -2.80. The van der Waals surface area contributed by atoms with Gasteiger partial charge in [0.15, 0.2) is 0 Å². The van der Waals surface area contributed by atoms with Crippen molar-refractivity contribution in [3.05, 3.63) is 28.2 Å². The summed E-state index contributed by atoms with van der Waals surface area (Å²) in [6.45, 7) is 2.76. The van der Waals surface area contributed by atoms with Gasteiger partial charge in [0.1, 0.15) is 6.10 Å². The van der Waals surface area contributed by atoms with Crippen molar-refractivity contribution in [3.63, 3.8) is 0 Å². The van der Waals surface area contributed by atoms with Crippen LogP contribution in [-0.2, 0) is 0 Å². The molecule has 0 aliphatic rings. The van der Waals surface area contributed by atoms with E-state index in [9.17, 15) is 5.11 Å². The van der Waals surface area contributed by atoms with Gasteiger partial charge in [-0.3, -0.25) is 16.5 Å². The van der Waals surface area contributed by atoms with Crippen molar-refractivity contribution < 1.29 is 10.1 Å². The predicted molar refractivity (Wildman–Crippen MR) is 72.6 cm³/mol. The molecule has 1 aromatic carbocycles. The number of hydrogen-bond acceptors (Lipinski definition) is 2. The summed E-state index contributed by atoms with van der Waals surface area (Å²) in [5.41, 5.74) is 12.6. The first-order valence-corrected chi connectivity index (χ1v) is 6.08. The van der Waals surface area contributed by atoms with Crippen molar-refractivity contribution in [3.8, 4) is 0 Å². The van der Waals surface area contributed by atoms with Gasteiger partial charge < -0.3 is 10.4 Å². The van der Waals surface area contributed by atoms with Gasteiger partial charge in [-0.15, -0.1) is 0 Å². The van der Waals surface area contributed by atoms with Crippen molar-refractivity contribution in [2.75, 3.05) is 18.4 Å². The zero-order valence-corrected chi connectivity index (χ0v) is 11.3. The molecule has 0 spiro atoms. The van der Waals surface area contributed by atoms with E-state index >= 15 is 0 Å². The fourth-order valence-corrected chi connectivity index (χ4v) is 1.93. The van der Waals surface area contributed by atoms with Crippen LogP contribution in [0.3, 0.4) is 0 Å². The Hall–Kier alpha value is -1.27. The molecule has 0 bridgehead atoms. The second-order valence-electron chi connectivity index (χ2n) is 3.85. The maximum Gasteiger partial charge on any atom is 0.338 e. The van der Waals surface area contributed by atoms with E-state index in [4.69, 9.17) is 11.5 Å². The van der Waals surface area contributed by atoms with Crippen LogP contribution in [0.1, 0.15) is 5.56 Å². The molecule has 17 heavy (non-hydrogen) atoms. The highest BCUT2D eigenvalue weighted by Crippen LogP contribution is 2.22. The van der Waals surface area contributed by atoms with Crippen LogP contribution in [-0.4, -0.2) is 30.3 Å². The van der Waals surface area contributed by atoms with Crippen molar-refractivity contribution in [2.24, 2.45) is 11.5 Å². The minimum Gasteiger partial charge on any atom is -0.388 e. The first kappa shape index (κ1) is 13.8. The quantitative estimate of drug-likeness (QED) is 0.352. The van der Waals surface area contributed by atoms with Crippen LogP contribution >= 0.6 is 15.9 Å². The van der Waals surface area contributed by atoms with E-state index < -0.39 is 6.10 Å². The minimum atomic E-state index is -0.565. The van der Waals surface area contributed by atoms with Crippen LogP contribution in [0.2, 0.25) is 0 Å². The molecule has 1 atom stereocenters. The Morgan fingerprint density at radius 1 is 1.53 bits per heavy atom. The lowest BCUT2D eigenvalue weighted by molar-refractivity contribution is -0.470. The maximum absolute atomic E-state index is 9.64. The van der Waals surface area contributed by atoms with Gasteiger partial charge in [0, 0.05) is 16.7 Å². The topological polar surface area (TPSA) is 98.3 Å². The van der Waals surface area contributed by atoms with E-state index in [1.165, 1.54) is 5.56 Å². The summed E-state index contributed by atoms with van der Waals surface area (Å²) in [6, 6.07) is 5.98. The number of guanidine groups is 1. The first-order valence-electron chi connectivity index (χ1n) is 5.29. The van der Waals surface area contributed by atoms with Gasteiger partial charge in [0.25, 0.3) is 0 Å². The van der Waals surface area contributed by atoms with Gasteiger partial charge in [-0.1, -0.05) is 6.07 Å². The van der Waals surface area contributed by atoms with Crippen LogP contribution in [0.25, 0.3) is 0 Å². The highest BCUT2D eigenvalue weighted by molar-refractivity contribution is 9.10. The van der Waals surface area contributed by atoms with Gasteiger partial charge in [-0.25, -0.2) is 0 Å². The lowest BCUT2D eigenvalue weighted by atomic mass is 10.2. The molecule has 0 radical (unpaired) electrons. The van der Waals surface area contributed by atoms with Crippen LogP contribution in [0.4, 0.5) is 5.69 Å². The summed E-state index contributed by atoms with van der Waals surface area (Å²) in [7, 11) is 0. The molecule has 1 rings (SSSR count). The number of hydrogen-bond donors (Lipinski definition) is 5. The number of rotatable bonds is 5.